The number of hydrogen-bond acceptors (Lipinski definition) is 2. The lowest BCUT2D eigenvalue weighted by molar-refractivity contribution is -0.117. The zero-order chi connectivity index (χ0) is 15.0. The molecule has 1 saturated carbocycles. The Kier molecular flexibility index (Phi) is 3.49. The highest BCUT2D eigenvalue weighted by atomic mass is 19.1. The summed E-state index contributed by atoms with van der Waals surface area (Å²) in [5.74, 6) is 0.639. The first-order chi connectivity index (χ1) is 10.1. The molecular formula is C16H18FN3O. The summed E-state index contributed by atoms with van der Waals surface area (Å²) < 4.78 is 14.7. The molecule has 0 aliphatic heterocycles. The van der Waals surface area contributed by atoms with Crippen LogP contribution in [0.4, 0.5) is 10.2 Å². The van der Waals surface area contributed by atoms with Crippen molar-refractivity contribution in [2.75, 3.05) is 5.32 Å². The van der Waals surface area contributed by atoms with Gasteiger partial charge in [-0.05, 0) is 43.9 Å². The largest absolute Gasteiger partial charge is 0.311 e. The van der Waals surface area contributed by atoms with Gasteiger partial charge in [-0.15, -0.1) is 0 Å². The number of aromatic nitrogens is 2. The molecule has 1 aromatic heterocycles. The van der Waals surface area contributed by atoms with Crippen molar-refractivity contribution < 1.29 is 9.18 Å². The van der Waals surface area contributed by atoms with E-state index in [0.29, 0.717) is 0 Å². The molecule has 1 fully saturated rings. The molecule has 0 bridgehead atoms. The normalized spacial score (nSPS) is 20.6. The van der Waals surface area contributed by atoms with Crippen LogP contribution in [0.25, 0.3) is 0 Å². The van der Waals surface area contributed by atoms with Crippen molar-refractivity contribution in [3.8, 4) is 0 Å². The molecule has 1 aliphatic carbocycles. The molecule has 1 aliphatic rings. The van der Waals surface area contributed by atoms with E-state index in [1.54, 1.807) is 29.1 Å². The molecule has 21 heavy (non-hydrogen) atoms. The van der Waals surface area contributed by atoms with Crippen LogP contribution in [0.2, 0.25) is 0 Å². The third-order valence-electron chi connectivity index (χ3n) is 3.84. The van der Waals surface area contributed by atoms with Crippen molar-refractivity contribution in [2.24, 2.45) is 5.92 Å². The number of amides is 1. The summed E-state index contributed by atoms with van der Waals surface area (Å²) in [7, 11) is 0. The van der Waals surface area contributed by atoms with Crippen LogP contribution in [0.5, 0.6) is 0 Å². The van der Waals surface area contributed by atoms with Gasteiger partial charge >= 0.3 is 0 Å². The molecule has 1 N–H and O–H groups in total. The predicted octanol–water partition coefficient (Wildman–Crippen LogP) is 3.35. The van der Waals surface area contributed by atoms with Crippen LogP contribution in [-0.4, -0.2) is 15.7 Å². The van der Waals surface area contributed by atoms with Crippen molar-refractivity contribution in [3.05, 3.63) is 47.9 Å². The quantitative estimate of drug-likeness (QED) is 0.937. The van der Waals surface area contributed by atoms with Gasteiger partial charge < -0.3 is 5.32 Å². The molecule has 3 rings (SSSR count). The summed E-state index contributed by atoms with van der Waals surface area (Å²) in [6.07, 6.45) is 2.49. The van der Waals surface area contributed by atoms with E-state index in [1.165, 1.54) is 12.1 Å². The molecule has 1 heterocycles. The number of benzene rings is 1. The maximum absolute atomic E-state index is 12.9. The molecule has 4 nitrogen and oxygen atoms in total. The maximum Gasteiger partial charge on any atom is 0.229 e. The number of hydrogen-bond donors (Lipinski definition) is 1. The van der Waals surface area contributed by atoms with Gasteiger partial charge in [0.25, 0.3) is 0 Å². The number of nitrogens with one attached hydrogen (secondary N) is 1. The second kappa shape index (κ2) is 5.31. The first kappa shape index (κ1) is 13.8. The number of halogens is 1. The van der Waals surface area contributed by atoms with Crippen LogP contribution in [0, 0.1) is 11.7 Å². The second-order valence-corrected chi connectivity index (χ2v) is 5.74. The van der Waals surface area contributed by atoms with E-state index >= 15 is 0 Å². The van der Waals surface area contributed by atoms with Crippen molar-refractivity contribution in [2.45, 2.75) is 32.2 Å². The van der Waals surface area contributed by atoms with E-state index in [-0.39, 0.29) is 29.6 Å². The van der Waals surface area contributed by atoms with Gasteiger partial charge in [0, 0.05) is 18.0 Å². The Morgan fingerprint density at radius 2 is 2.05 bits per heavy atom. The lowest BCUT2D eigenvalue weighted by atomic mass is 10.1. The van der Waals surface area contributed by atoms with Crippen LogP contribution in [-0.2, 0) is 4.79 Å². The molecule has 1 aromatic carbocycles. The molecule has 2 unspecified atom stereocenters. The summed E-state index contributed by atoms with van der Waals surface area (Å²) >= 11 is 0. The fourth-order valence-corrected chi connectivity index (χ4v) is 2.61. The van der Waals surface area contributed by atoms with E-state index in [0.717, 1.165) is 17.8 Å². The Bertz CT molecular complexity index is 648. The number of nitrogens with zero attached hydrogens (tertiary/aromatic N) is 2. The Labute approximate surface area is 123 Å². The molecule has 110 valence electrons. The number of carbonyl (C=O) groups excluding carboxylic acids is 1. The van der Waals surface area contributed by atoms with Gasteiger partial charge in [0.2, 0.25) is 5.91 Å². The van der Waals surface area contributed by atoms with E-state index in [4.69, 9.17) is 0 Å². The zero-order valence-corrected chi connectivity index (χ0v) is 12.1. The molecule has 0 saturated heterocycles. The minimum Gasteiger partial charge on any atom is -0.311 e. The number of anilines is 1. The minimum atomic E-state index is -0.249. The van der Waals surface area contributed by atoms with Gasteiger partial charge in [-0.25, -0.2) is 9.07 Å². The smallest absolute Gasteiger partial charge is 0.229 e. The first-order valence-corrected chi connectivity index (χ1v) is 7.16. The fourth-order valence-electron chi connectivity index (χ4n) is 2.61. The summed E-state index contributed by atoms with van der Waals surface area (Å²) in [5, 5.41) is 7.13. The Hall–Kier alpha value is -2.17. The molecule has 1 amide bonds. The van der Waals surface area contributed by atoms with Gasteiger partial charge in [0.15, 0.2) is 0 Å². The van der Waals surface area contributed by atoms with Crippen molar-refractivity contribution in [1.82, 2.24) is 9.78 Å². The van der Waals surface area contributed by atoms with Gasteiger partial charge in [0.05, 0.1) is 6.20 Å². The Morgan fingerprint density at radius 3 is 2.71 bits per heavy atom. The highest BCUT2D eigenvalue weighted by Gasteiger charge is 2.44. The number of rotatable bonds is 4. The zero-order valence-electron chi connectivity index (χ0n) is 12.1. The van der Waals surface area contributed by atoms with Gasteiger partial charge in [-0.3, -0.25) is 4.79 Å². The second-order valence-electron chi connectivity index (χ2n) is 5.74. The molecule has 0 radical (unpaired) electrons. The van der Waals surface area contributed by atoms with Crippen molar-refractivity contribution in [3.63, 3.8) is 0 Å². The summed E-state index contributed by atoms with van der Waals surface area (Å²) in [6, 6.07) is 8.39. The van der Waals surface area contributed by atoms with E-state index in [2.05, 4.69) is 10.4 Å². The SMILES string of the molecule is CC(C)n1nccc1NC(=O)C1CC1c1ccc(F)cc1. The van der Waals surface area contributed by atoms with E-state index in [1.807, 2.05) is 13.8 Å². The first-order valence-electron chi connectivity index (χ1n) is 7.16. The third-order valence-corrected chi connectivity index (χ3v) is 3.84. The standard InChI is InChI=1S/C16H18FN3O/c1-10(2)20-15(7-8-18-20)19-16(21)14-9-13(14)11-3-5-12(17)6-4-11/h3-8,10,13-14H,9H2,1-2H3,(H,19,21). The maximum atomic E-state index is 12.9. The fraction of sp³-hybridized carbons (Fsp3) is 0.375. The van der Waals surface area contributed by atoms with Crippen molar-refractivity contribution >= 4 is 11.7 Å². The predicted molar refractivity (Wildman–Crippen MR) is 78.5 cm³/mol. The monoisotopic (exact) mass is 287 g/mol. The Morgan fingerprint density at radius 1 is 1.33 bits per heavy atom. The van der Waals surface area contributed by atoms with Crippen LogP contribution in [0.3, 0.4) is 0 Å². The average Bonchev–Trinajstić information content (AvgIpc) is 3.12. The van der Waals surface area contributed by atoms with Crippen LogP contribution >= 0.6 is 0 Å². The van der Waals surface area contributed by atoms with E-state index < -0.39 is 0 Å². The van der Waals surface area contributed by atoms with Gasteiger partial charge in [-0.1, -0.05) is 12.1 Å². The molecular weight excluding hydrogens is 269 g/mol. The van der Waals surface area contributed by atoms with E-state index in [9.17, 15) is 9.18 Å². The average molecular weight is 287 g/mol. The molecule has 0 spiro atoms. The lowest BCUT2D eigenvalue weighted by Crippen LogP contribution is -2.18. The molecule has 5 heteroatoms. The van der Waals surface area contributed by atoms with Crippen LogP contribution < -0.4 is 5.32 Å². The molecule has 2 aromatic rings. The van der Waals surface area contributed by atoms with Gasteiger partial charge in [0.1, 0.15) is 11.6 Å². The Balaban J connectivity index is 1.65. The van der Waals surface area contributed by atoms with Gasteiger partial charge in [-0.2, -0.15) is 5.10 Å². The summed E-state index contributed by atoms with van der Waals surface area (Å²) in [5.41, 5.74) is 1.02. The highest BCUT2D eigenvalue weighted by Crippen LogP contribution is 2.48. The minimum absolute atomic E-state index is 0.00623. The van der Waals surface area contributed by atoms with Crippen LogP contribution in [0.1, 0.15) is 37.8 Å². The highest BCUT2D eigenvalue weighted by molar-refractivity contribution is 5.94. The summed E-state index contributed by atoms with van der Waals surface area (Å²) in [4.78, 5) is 12.3. The van der Waals surface area contributed by atoms with Crippen molar-refractivity contribution in [1.29, 1.82) is 0 Å². The number of carbonyl (C=O) groups is 1. The van der Waals surface area contributed by atoms with Crippen LogP contribution in [0.15, 0.2) is 36.5 Å². The third kappa shape index (κ3) is 2.82. The topological polar surface area (TPSA) is 46.9 Å². The lowest BCUT2D eigenvalue weighted by Gasteiger charge is -2.11. The summed E-state index contributed by atoms with van der Waals surface area (Å²) in [6.45, 7) is 4.03. The molecule has 2 atom stereocenters.